The van der Waals surface area contributed by atoms with E-state index in [9.17, 15) is 9.59 Å². The number of nitrogen functional groups attached to an aromatic ring is 1. The predicted molar refractivity (Wildman–Crippen MR) is 126 cm³/mol. The van der Waals surface area contributed by atoms with Crippen LogP contribution in [0.5, 0.6) is 0 Å². The SMILES string of the molecule is Cc1ccc(Cl)cc1-n1ncc(C(=O)N2CCC[C@@]3(C2)OC(=O)Nc2ccc(Cl)c(F)c23)c1N. The highest BCUT2D eigenvalue weighted by atomic mass is 35.5. The molecule has 1 spiro atoms. The number of piperidine rings is 1. The summed E-state index contributed by atoms with van der Waals surface area (Å²) in [5.74, 6) is -0.940. The molecule has 3 heterocycles. The number of nitrogens with one attached hydrogen (secondary N) is 1. The Morgan fingerprint density at radius 1 is 1.29 bits per heavy atom. The number of aryl methyl sites for hydroxylation is 1. The van der Waals surface area contributed by atoms with Crippen molar-refractivity contribution in [2.75, 3.05) is 24.1 Å². The Kier molecular flexibility index (Phi) is 5.41. The molecule has 11 heteroatoms. The lowest BCUT2D eigenvalue weighted by Gasteiger charge is -2.45. The fraction of sp³-hybridized carbons (Fsp3) is 0.261. The molecule has 1 aromatic heterocycles. The number of aromatic nitrogens is 2. The third kappa shape index (κ3) is 3.56. The summed E-state index contributed by atoms with van der Waals surface area (Å²) in [5.41, 5.74) is 7.06. The molecule has 1 fully saturated rings. The van der Waals surface area contributed by atoms with Crippen molar-refractivity contribution >= 4 is 46.7 Å². The van der Waals surface area contributed by atoms with Crippen molar-refractivity contribution in [2.24, 2.45) is 0 Å². The number of nitrogens with zero attached hydrogens (tertiary/aromatic N) is 3. The molecular weight excluding hydrogens is 484 g/mol. The van der Waals surface area contributed by atoms with Crippen molar-refractivity contribution in [1.82, 2.24) is 14.7 Å². The minimum atomic E-state index is -1.37. The first kappa shape index (κ1) is 22.5. The molecule has 2 aliphatic heterocycles. The molecule has 176 valence electrons. The molecule has 8 nitrogen and oxygen atoms in total. The van der Waals surface area contributed by atoms with Gasteiger partial charge in [-0.15, -0.1) is 0 Å². The summed E-state index contributed by atoms with van der Waals surface area (Å²) >= 11 is 12.2. The molecule has 1 atom stereocenters. The van der Waals surface area contributed by atoms with Crippen molar-refractivity contribution in [1.29, 1.82) is 0 Å². The van der Waals surface area contributed by atoms with Crippen LogP contribution in [0.2, 0.25) is 10.0 Å². The second kappa shape index (κ2) is 8.18. The summed E-state index contributed by atoms with van der Waals surface area (Å²) < 4.78 is 22.2. The fourth-order valence-electron chi connectivity index (χ4n) is 4.64. The molecule has 0 saturated carbocycles. The van der Waals surface area contributed by atoms with Crippen LogP contribution in [0.1, 0.15) is 34.3 Å². The molecule has 2 aliphatic rings. The number of hydrogen-bond donors (Lipinski definition) is 2. The standard InChI is InChI=1S/C23H20Cl2FN5O3/c1-12-3-4-13(24)9-17(12)31-20(27)14(10-28-31)21(32)30-8-2-7-23(11-30)18-16(29-22(33)34-23)6-5-15(25)19(18)26/h3-6,9-10H,2,7-8,11,27H2,1H3,(H,29,33)/t23-/m0/s1. The lowest BCUT2D eigenvalue weighted by atomic mass is 9.83. The zero-order chi connectivity index (χ0) is 24.2. The van der Waals surface area contributed by atoms with Crippen molar-refractivity contribution in [2.45, 2.75) is 25.4 Å². The van der Waals surface area contributed by atoms with E-state index in [0.717, 1.165) is 5.56 Å². The van der Waals surface area contributed by atoms with Gasteiger partial charge in [0.2, 0.25) is 0 Å². The highest BCUT2D eigenvalue weighted by Gasteiger charge is 2.48. The Labute approximate surface area is 204 Å². The summed E-state index contributed by atoms with van der Waals surface area (Å²) in [6, 6.07) is 8.19. The van der Waals surface area contributed by atoms with Gasteiger partial charge >= 0.3 is 6.09 Å². The van der Waals surface area contributed by atoms with E-state index >= 15 is 4.39 Å². The first-order valence-corrected chi connectivity index (χ1v) is 11.3. The van der Waals surface area contributed by atoms with E-state index in [1.165, 1.54) is 27.9 Å². The Hall–Kier alpha value is -3.30. The predicted octanol–water partition coefficient (Wildman–Crippen LogP) is 4.90. The second-order valence-electron chi connectivity index (χ2n) is 8.41. The van der Waals surface area contributed by atoms with Gasteiger partial charge in [-0.3, -0.25) is 10.1 Å². The molecule has 2 aromatic carbocycles. The molecule has 34 heavy (non-hydrogen) atoms. The number of hydrogen-bond acceptors (Lipinski definition) is 5. The lowest BCUT2D eigenvalue weighted by Crippen LogP contribution is -2.53. The van der Waals surface area contributed by atoms with Crippen LogP contribution < -0.4 is 11.1 Å². The fourth-order valence-corrected chi connectivity index (χ4v) is 4.97. The molecule has 2 amide bonds. The van der Waals surface area contributed by atoms with E-state index in [4.69, 9.17) is 33.7 Å². The van der Waals surface area contributed by atoms with Crippen LogP contribution >= 0.6 is 23.2 Å². The first-order valence-electron chi connectivity index (χ1n) is 10.6. The molecule has 1 saturated heterocycles. The smallest absolute Gasteiger partial charge is 0.412 e. The van der Waals surface area contributed by atoms with E-state index in [1.54, 1.807) is 12.1 Å². The van der Waals surface area contributed by atoms with E-state index in [-0.39, 0.29) is 34.2 Å². The maximum Gasteiger partial charge on any atom is 0.412 e. The summed E-state index contributed by atoms with van der Waals surface area (Å²) in [6.45, 7) is 2.21. The van der Waals surface area contributed by atoms with Gasteiger partial charge in [0.1, 0.15) is 11.4 Å². The van der Waals surface area contributed by atoms with Gasteiger partial charge in [-0.2, -0.15) is 5.10 Å². The largest absolute Gasteiger partial charge is 0.436 e. The van der Waals surface area contributed by atoms with E-state index in [0.29, 0.717) is 30.1 Å². The van der Waals surface area contributed by atoms with Gasteiger partial charge in [0.15, 0.2) is 11.4 Å². The number of ether oxygens (including phenoxy) is 1. The van der Waals surface area contributed by atoms with Crippen LogP contribution in [-0.2, 0) is 10.3 Å². The number of anilines is 2. The second-order valence-corrected chi connectivity index (χ2v) is 9.25. The minimum absolute atomic E-state index is 0.0513. The maximum atomic E-state index is 15.1. The van der Waals surface area contributed by atoms with Gasteiger partial charge in [-0.1, -0.05) is 29.3 Å². The Morgan fingerprint density at radius 2 is 2.09 bits per heavy atom. The van der Waals surface area contributed by atoms with E-state index in [2.05, 4.69) is 10.4 Å². The van der Waals surface area contributed by atoms with Crippen molar-refractivity contribution in [3.8, 4) is 5.69 Å². The van der Waals surface area contributed by atoms with Gasteiger partial charge in [-0.25, -0.2) is 13.9 Å². The number of amides is 2. The molecule has 3 N–H and O–H groups in total. The van der Waals surface area contributed by atoms with Crippen LogP contribution in [0.15, 0.2) is 36.5 Å². The highest BCUT2D eigenvalue weighted by molar-refractivity contribution is 6.31. The molecular formula is C23H20Cl2FN5O3. The van der Waals surface area contributed by atoms with Crippen molar-refractivity contribution in [3.05, 3.63) is 69.1 Å². The minimum Gasteiger partial charge on any atom is -0.436 e. The molecule has 0 bridgehead atoms. The average molecular weight is 504 g/mol. The highest BCUT2D eigenvalue weighted by Crippen LogP contribution is 2.45. The summed E-state index contributed by atoms with van der Waals surface area (Å²) in [6.07, 6.45) is 1.49. The summed E-state index contributed by atoms with van der Waals surface area (Å²) in [7, 11) is 0. The zero-order valence-electron chi connectivity index (χ0n) is 18.1. The maximum absolute atomic E-state index is 15.1. The Morgan fingerprint density at radius 3 is 2.88 bits per heavy atom. The third-order valence-corrected chi connectivity index (χ3v) is 6.78. The topological polar surface area (TPSA) is 102 Å². The number of halogens is 3. The molecule has 0 aliphatic carbocycles. The van der Waals surface area contributed by atoms with Crippen LogP contribution in [0.25, 0.3) is 5.69 Å². The molecule has 0 radical (unpaired) electrons. The third-order valence-electron chi connectivity index (χ3n) is 6.25. The normalized spacial score (nSPS) is 19.5. The van der Waals surface area contributed by atoms with Gasteiger partial charge in [0, 0.05) is 11.6 Å². The molecule has 5 rings (SSSR count). The van der Waals surface area contributed by atoms with Gasteiger partial charge in [-0.05, 0) is 49.6 Å². The Bertz CT molecular complexity index is 1340. The average Bonchev–Trinajstić information content (AvgIpc) is 3.18. The van der Waals surface area contributed by atoms with Crippen molar-refractivity contribution in [3.63, 3.8) is 0 Å². The monoisotopic (exact) mass is 503 g/mol. The summed E-state index contributed by atoms with van der Waals surface area (Å²) in [4.78, 5) is 27.3. The van der Waals surface area contributed by atoms with Crippen LogP contribution in [0.3, 0.4) is 0 Å². The first-order chi connectivity index (χ1) is 16.2. The molecule has 0 unspecified atom stereocenters. The number of rotatable bonds is 2. The lowest BCUT2D eigenvalue weighted by molar-refractivity contribution is -0.0418. The number of nitrogens with two attached hydrogens (primary N) is 1. The Balaban J connectivity index is 1.50. The quantitative estimate of drug-likeness (QED) is 0.517. The number of carbonyl (C=O) groups excluding carboxylic acids is 2. The number of carbonyl (C=O) groups is 2. The number of likely N-dealkylation sites (tertiary alicyclic amines) is 1. The van der Waals surface area contributed by atoms with E-state index in [1.807, 2.05) is 13.0 Å². The zero-order valence-corrected chi connectivity index (χ0v) is 19.6. The van der Waals surface area contributed by atoms with Gasteiger partial charge in [0.05, 0.1) is 34.7 Å². The van der Waals surface area contributed by atoms with Crippen molar-refractivity contribution < 1.29 is 18.7 Å². The van der Waals surface area contributed by atoms with Gasteiger partial charge < -0.3 is 15.4 Å². The molecule has 3 aromatic rings. The van der Waals surface area contributed by atoms with Crippen LogP contribution in [0, 0.1) is 12.7 Å². The summed E-state index contributed by atoms with van der Waals surface area (Å²) in [5, 5.41) is 7.22. The number of fused-ring (bicyclic) bond motifs is 2. The van der Waals surface area contributed by atoms with Crippen LogP contribution in [-0.4, -0.2) is 39.8 Å². The van der Waals surface area contributed by atoms with Crippen LogP contribution in [0.4, 0.5) is 20.7 Å². The van der Waals surface area contributed by atoms with E-state index < -0.39 is 23.4 Å². The van der Waals surface area contributed by atoms with Gasteiger partial charge in [0.25, 0.3) is 5.91 Å². The number of benzene rings is 2.